The van der Waals surface area contributed by atoms with Crippen molar-refractivity contribution in [3.63, 3.8) is 0 Å². The lowest BCUT2D eigenvalue weighted by molar-refractivity contribution is -0.136. The fourth-order valence-corrected chi connectivity index (χ4v) is 5.58. The summed E-state index contributed by atoms with van der Waals surface area (Å²) in [5.74, 6) is -0.327. The van der Waals surface area contributed by atoms with Crippen LogP contribution in [-0.4, -0.2) is 28.5 Å². The van der Waals surface area contributed by atoms with Gasteiger partial charge in [0.05, 0.1) is 5.02 Å². The molecule has 140 valence electrons. The summed E-state index contributed by atoms with van der Waals surface area (Å²) in [6, 6.07) is 11.6. The van der Waals surface area contributed by atoms with Gasteiger partial charge in [-0.2, -0.15) is 0 Å². The van der Waals surface area contributed by atoms with Crippen LogP contribution in [0.15, 0.2) is 42.5 Å². The maximum absolute atomic E-state index is 13.3. The number of halogens is 2. The molecule has 0 radical (unpaired) electrons. The molecule has 2 heterocycles. The first-order valence-corrected chi connectivity index (χ1v) is 10.1. The van der Waals surface area contributed by atoms with Crippen molar-refractivity contribution >= 4 is 40.9 Å². The van der Waals surface area contributed by atoms with Crippen LogP contribution in [0, 0.1) is 12.7 Å². The number of hydrogen-bond donors (Lipinski definition) is 1. The molecular weight excluding hydrogens is 387 g/mol. The summed E-state index contributed by atoms with van der Waals surface area (Å²) >= 11 is 7.42. The zero-order chi connectivity index (χ0) is 19.2. The number of nitrogens with zero attached hydrogens (tertiary/aromatic N) is 1. The average molecular weight is 405 g/mol. The van der Waals surface area contributed by atoms with Gasteiger partial charge in [0.1, 0.15) is 16.7 Å². The molecule has 0 bridgehead atoms. The van der Waals surface area contributed by atoms with Crippen LogP contribution < -0.4 is 5.32 Å². The number of amides is 2. The van der Waals surface area contributed by atoms with Crippen molar-refractivity contribution in [1.82, 2.24) is 4.90 Å². The maximum Gasteiger partial charge on any atom is 0.248 e. The van der Waals surface area contributed by atoms with E-state index in [4.69, 9.17) is 11.6 Å². The predicted octanol–water partition coefficient (Wildman–Crippen LogP) is 4.32. The maximum atomic E-state index is 13.3. The molecular formula is C20H18ClFN2O2S. The number of anilines is 1. The van der Waals surface area contributed by atoms with Crippen LogP contribution in [0.2, 0.25) is 5.02 Å². The molecule has 4 nitrogen and oxygen atoms in total. The van der Waals surface area contributed by atoms with Crippen LogP contribution in [0.5, 0.6) is 0 Å². The predicted molar refractivity (Wildman–Crippen MR) is 105 cm³/mol. The van der Waals surface area contributed by atoms with Gasteiger partial charge < -0.3 is 10.2 Å². The highest BCUT2D eigenvalue weighted by atomic mass is 35.5. The highest BCUT2D eigenvalue weighted by molar-refractivity contribution is 8.00. The van der Waals surface area contributed by atoms with Gasteiger partial charge in [-0.1, -0.05) is 41.4 Å². The van der Waals surface area contributed by atoms with Crippen molar-refractivity contribution in [3.8, 4) is 0 Å². The molecule has 7 heteroatoms. The molecule has 2 aliphatic rings. The van der Waals surface area contributed by atoms with Crippen LogP contribution in [0.25, 0.3) is 0 Å². The van der Waals surface area contributed by atoms with E-state index in [2.05, 4.69) is 5.32 Å². The Bertz CT molecular complexity index is 921. The van der Waals surface area contributed by atoms with Gasteiger partial charge in [-0.15, -0.1) is 11.8 Å². The van der Waals surface area contributed by atoms with Crippen LogP contribution >= 0.6 is 23.4 Å². The van der Waals surface area contributed by atoms with Crippen LogP contribution in [0.4, 0.5) is 10.1 Å². The molecule has 0 spiro atoms. The summed E-state index contributed by atoms with van der Waals surface area (Å²) in [6.45, 7) is 2.02. The molecule has 0 unspecified atom stereocenters. The highest BCUT2D eigenvalue weighted by Crippen LogP contribution is 2.54. The van der Waals surface area contributed by atoms with Gasteiger partial charge in [0.25, 0.3) is 0 Å². The molecule has 2 aromatic rings. The third-order valence-electron chi connectivity index (χ3n) is 5.12. The van der Waals surface area contributed by atoms with Gasteiger partial charge in [0, 0.05) is 17.9 Å². The molecule has 2 fully saturated rings. The molecule has 2 aliphatic heterocycles. The zero-order valence-corrected chi connectivity index (χ0v) is 16.2. The van der Waals surface area contributed by atoms with Crippen molar-refractivity contribution in [3.05, 3.63) is 64.4 Å². The van der Waals surface area contributed by atoms with E-state index in [-0.39, 0.29) is 16.8 Å². The molecule has 2 aromatic carbocycles. The van der Waals surface area contributed by atoms with Gasteiger partial charge in [-0.05, 0) is 37.1 Å². The fourth-order valence-electron chi connectivity index (χ4n) is 3.75. The SMILES string of the molecule is Cc1ccc([C@]23CCC(=O)N2[C@@H](C(=O)Nc2ccc(F)c(Cl)c2)CS3)cc1. The van der Waals surface area contributed by atoms with E-state index >= 15 is 0 Å². The smallest absolute Gasteiger partial charge is 0.248 e. The van der Waals surface area contributed by atoms with Crippen LogP contribution in [0.3, 0.4) is 0 Å². The zero-order valence-electron chi connectivity index (χ0n) is 14.7. The van der Waals surface area contributed by atoms with Gasteiger partial charge in [-0.25, -0.2) is 4.39 Å². The Kier molecular flexibility index (Phi) is 4.64. The molecule has 1 N–H and O–H groups in total. The Morgan fingerprint density at radius 1 is 1.30 bits per heavy atom. The molecule has 2 saturated heterocycles. The van der Waals surface area contributed by atoms with Crippen molar-refractivity contribution in [2.75, 3.05) is 11.1 Å². The Balaban J connectivity index is 1.61. The molecule has 0 saturated carbocycles. The number of carbonyl (C=O) groups is 2. The second kappa shape index (κ2) is 6.84. The number of aryl methyl sites for hydroxylation is 1. The summed E-state index contributed by atoms with van der Waals surface area (Å²) < 4.78 is 13.3. The Morgan fingerprint density at radius 3 is 2.74 bits per heavy atom. The second-order valence-corrected chi connectivity index (χ2v) is 8.56. The summed E-state index contributed by atoms with van der Waals surface area (Å²) in [5, 5.41) is 2.71. The van der Waals surface area contributed by atoms with Crippen LogP contribution in [0.1, 0.15) is 24.0 Å². The quantitative estimate of drug-likeness (QED) is 0.828. The van der Waals surface area contributed by atoms with Gasteiger partial charge >= 0.3 is 0 Å². The number of thioether (sulfide) groups is 1. The minimum Gasteiger partial charge on any atom is -0.324 e. The standard InChI is InChI=1S/C20H18ClFN2O2S/c1-12-2-4-13(5-3-12)20-9-8-18(25)24(20)17(11-27-20)19(26)23-14-6-7-16(22)15(21)10-14/h2-7,10,17H,8-9,11H2,1H3,(H,23,26)/t17-,20-/m1/s1. The summed E-state index contributed by atoms with van der Waals surface area (Å²) in [7, 11) is 0. The lowest BCUT2D eigenvalue weighted by Crippen LogP contribution is -2.48. The number of nitrogens with one attached hydrogen (secondary N) is 1. The topological polar surface area (TPSA) is 49.4 Å². The third kappa shape index (κ3) is 3.11. The molecule has 0 aromatic heterocycles. The number of carbonyl (C=O) groups excluding carboxylic acids is 2. The lowest BCUT2D eigenvalue weighted by atomic mass is 10.0. The summed E-state index contributed by atoms with van der Waals surface area (Å²) in [4.78, 5) is 26.7. The second-order valence-electron chi connectivity index (χ2n) is 6.86. The first-order chi connectivity index (χ1) is 12.9. The monoisotopic (exact) mass is 404 g/mol. The van der Waals surface area contributed by atoms with Crippen molar-refractivity contribution < 1.29 is 14.0 Å². The minimum atomic E-state index is -0.574. The highest BCUT2D eigenvalue weighted by Gasteiger charge is 2.56. The largest absolute Gasteiger partial charge is 0.324 e. The van der Waals surface area contributed by atoms with E-state index in [1.165, 1.54) is 18.2 Å². The average Bonchev–Trinajstić information content (AvgIpc) is 3.18. The van der Waals surface area contributed by atoms with Gasteiger partial charge in [-0.3, -0.25) is 9.59 Å². The first-order valence-electron chi connectivity index (χ1n) is 8.70. The van der Waals surface area contributed by atoms with E-state index < -0.39 is 16.7 Å². The normalized spacial score (nSPS) is 24.2. The summed E-state index contributed by atoms with van der Waals surface area (Å²) in [5.41, 5.74) is 2.61. The Hall–Kier alpha value is -2.05. The van der Waals surface area contributed by atoms with E-state index in [0.717, 1.165) is 11.1 Å². The van der Waals surface area contributed by atoms with Gasteiger partial charge in [0.2, 0.25) is 11.8 Å². The number of hydrogen-bond acceptors (Lipinski definition) is 3. The Labute approximate surface area is 166 Å². The molecule has 4 rings (SSSR count). The first kappa shape index (κ1) is 18.3. The lowest BCUT2D eigenvalue weighted by Gasteiger charge is -2.34. The summed E-state index contributed by atoms with van der Waals surface area (Å²) in [6.07, 6.45) is 1.11. The third-order valence-corrected chi connectivity index (χ3v) is 7.01. The minimum absolute atomic E-state index is 0.0159. The Morgan fingerprint density at radius 2 is 2.04 bits per heavy atom. The van der Waals surface area contributed by atoms with E-state index in [9.17, 15) is 14.0 Å². The fraction of sp³-hybridized carbons (Fsp3) is 0.300. The van der Waals surface area contributed by atoms with Crippen molar-refractivity contribution in [2.24, 2.45) is 0 Å². The molecule has 2 amide bonds. The van der Waals surface area contributed by atoms with E-state index in [1.807, 2.05) is 31.2 Å². The number of fused-ring (bicyclic) bond motifs is 1. The molecule has 27 heavy (non-hydrogen) atoms. The number of rotatable bonds is 3. The molecule has 2 atom stereocenters. The van der Waals surface area contributed by atoms with E-state index in [1.54, 1.807) is 16.7 Å². The van der Waals surface area contributed by atoms with Gasteiger partial charge in [0.15, 0.2) is 0 Å². The van der Waals surface area contributed by atoms with Crippen molar-refractivity contribution in [1.29, 1.82) is 0 Å². The van der Waals surface area contributed by atoms with E-state index in [0.29, 0.717) is 24.3 Å². The number of benzene rings is 2. The van der Waals surface area contributed by atoms with Crippen molar-refractivity contribution in [2.45, 2.75) is 30.7 Å². The molecule has 0 aliphatic carbocycles. The van der Waals surface area contributed by atoms with Crippen LogP contribution in [-0.2, 0) is 14.5 Å².